The molecule has 0 aliphatic heterocycles. The molecule has 0 saturated heterocycles. The second-order valence-electron chi connectivity index (χ2n) is 4.77. The normalized spacial score (nSPS) is 10.2. The molecule has 4 nitrogen and oxygen atoms in total. The van der Waals surface area contributed by atoms with Crippen LogP contribution in [0.2, 0.25) is 0 Å². The van der Waals surface area contributed by atoms with Gasteiger partial charge < -0.3 is 16.4 Å². The first kappa shape index (κ1) is 15.4. The summed E-state index contributed by atoms with van der Waals surface area (Å²) >= 11 is 3.52. The van der Waals surface area contributed by atoms with Crippen molar-refractivity contribution < 1.29 is 4.79 Å². The molecule has 0 spiro atoms. The number of hydrogen-bond donors (Lipinski definition) is 3. The molecule has 0 heterocycles. The minimum atomic E-state index is -0.118. The van der Waals surface area contributed by atoms with E-state index < -0.39 is 0 Å². The number of rotatable bonds is 4. The average molecular weight is 348 g/mol. The summed E-state index contributed by atoms with van der Waals surface area (Å²) in [4.78, 5) is 11.8. The number of nitrogens with one attached hydrogen (secondary N) is 2. The molecule has 2 aromatic carbocycles. The number of carbonyl (C=O) groups excluding carboxylic acids is 1. The molecular weight excluding hydrogens is 330 g/mol. The maximum atomic E-state index is 11.8. The third-order valence-electron chi connectivity index (χ3n) is 3.05. The molecule has 0 aliphatic rings. The molecule has 1 amide bonds. The molecule has 5 heteroatoms. The summed E-state index contributed by atoms with van der Waals surface area (Å²) in [6.07, 6.45) is 0. The zero-order valence-corrected chi connectivity index (χ0v) is 13.6. The predicted octanol–water partition coefficient (Wildman–Crippen LogP) is 3.83. The number of nitrogen functional groups attached to an aromatic ring is 1. The number of amides is 1. The van der Waals surface area contributed by atoms with Gasteiger partial charge in [0.2, 0.25) is 0 Å². The van der Waals surface area contributed by atoms with Gasteiger partial charge in [-0.05, 0) is 65.7 Å². The van der Waals surface area contributed by atoms with E-state index in [4.69, 9.17) is 5.73 Å². The van der Waals surface area contributed by atoms with E-state index in [1.165, 1.54) is 5.56 Å². The van der Waals surface area contributed by atoms with Crippen LogP contribution in [0.25, 0.3) is 0 Å². The highest BCUT2D eigenvalue weighted by molar-refractivity contribution is 9.10. The Morgan fingerprint density at radius 3 is 2.52 bits per heavy atom. The summed E-state index contributed by atoms with van der Waals surface area (Å²) in [6.45, 7) is 4.51. The number of aryl methyl sites for hydroxylation is 1. The van der Waals surface area contributed by atoms with E-state index in [2.05, 4.69) is 26.6 Å². The summed E-state index contributed by atoms with van der Waals surface area (Å²) in [7, 11) is 0. The lowest BCUT2D eigenvalue weighted by Crippen LogP contribution is -2.22. The quantitative estimate of drug-likeness (QED) is 0.736. The molecule has 0 fully saturated rings. The van der Waals surface area contributed by atoms with Crippen molar-refractivity contribution in [3.63, 3.8) is 0 Å². The van der Waals surface area contributed by atoms with E-state index in [0.29, 0.717) is 17.8 Å². The number of halogens is 1. The van der Waals surface area contributed by atoms with Crippen LogP contribution in [-0.2, 0) is 0 Å². The Morgan fingerprint density at radius 1 is 1.19 bits per heavy atom. The molecule has 21 heavy (non-hydrogen) atoms. The lowest BCUT2D eigenvalue weighted by Gasteiger charge is -2.12. The van der Waals surface area contributed by atoms with Gasteiger partial charge in [-0.25, -0.2) is 0 Å². The van der Waals surface area contributed by atoms with Crippen molar-refractivity contribution in [1.29, 1.82) is 0 Å². The number of hydrogen-bond acceptors (Lipinski definition) is 3. The van der Waals surface area contributed by atoms with Crippen molar-refractivity contribution in [2.24, 2.45) is 0 Å². The van der Waals surface area contributed by atoms with Crippen LogP contribution in [-0.4, -0.2) is 12.5 Å². The second-order valence-corrected chi connectivity index (χ2v) is 5.62. The largest absolute Gasteiger partial charge is 0.397 e. The van der Waals surface area contributed by atoms with Gasteiger partial charge in [-0.3, -0.25) is 4.79 Å². The van der Waals surface area contributed by atoms with Crippen LogP contribution >= 0.6 is 15.9 Å². The van der Waals surface area contributed by atoms with Crippen molar-refractivity contribution in [1.82, 2.24) is 5.32 Å². The van der Waals surface area contributed by atoms with Crippen LogP contribution in [0.5, 0.6) is 0 Å². The van der Waals surface area contributed by atoms with Crippen LogP contribution in [0.4, 0.5) is 17.1 Å². The molecule has 0 saturated carbocycles. The Hall–Kier alpha value is -2.01. The lowest BCUT2D eigenvalue weighted by molar-refractivity contribution is 0.0956. The third-order valence-corrected chi connectivity index (χ3v) is 3.70. The van der Waals surface area contributed by atoms with Gasteiger partial charge in [-0.2, -0.15) is 0 Å². The Morgan fingerprint density at radius 2 is 1.90 bits per heavy atom. The minimum absolute atomic E-state index is 0.118. The van der Waals surface area contributed by atoms with Crippen molar-refractivity contribution in [2.75, 3.05) is 17.6 Å². The van der Waals surface area contributed by atoms with E-state index in [-0.39, 0.29) is 5.91 Å². The Bertz CT molecular complexity index is 671. The van der Waals surface area contributed by atoms with Crippen LogP contribution in [0.3, 0.4) is 0 Å². The minimum Gasteiger partial charge on any atom is -0.397 e. The summed E-state index contributed by atoms with van der Waals surface area (Å²) < 4.78 is 0.967. The molecule has 2 rings (SSSR count). The number of carbonyl (C=O) groups is 1. The first-order chi connectivity index (χ1) is 10.0. The number of benzene rings is 2. The van der Waals surface area contributed by atoms with Crippen LogP contribution in [0.1, 0.15) is 22.8 Å². The highest BCUT2D eigenvalue weighted by Crippen LogP contribution is 2.29. The molecule has 0 aliphatic carbocycles. The van der Waals surface area contributed by atoms with E-state index in [0.717, 1.165) is 15.8 Å². The van der Waals surface area contributed by atoms with Crippen molar-refractivity contribution >= 4 is 38.9 Å². The summed E-state index contributed by atoms with van der Waals surface area (Å²) in [5.74, 6) is -0.118. The fourth-order valence-corrected chi connectivity index (χ4v) is 2.54. The summed E-state index contributed by atoms with van der Waals surface area (Å²) in [5.41, 5.74) is 9.99. The molecule has 0 radical (unpaired) electrons. The van der Waals surface area contributed by atoms with Crippen molar-refractivity contribution in [2.45, 2.75) is 13.8 Å². The smallest absolute Gasteiger partial charge is 0.251 e. The second kappa shape index (κ2) is 6.63. The van der Waals surface area contributed by atoms with E-state index in [1.807, 2.05) is 38.1 Å². The molecular formula is C16H18BrN3O. The molecule has 0 bridgehead atoms. The average Bonchev–Trinajstić information content (AvgIpc) is 2.44. The Kier molecular flexibility index (Phi) is 4.85. The molecule has 2 aromatic rings. The Balaban J connectivity index is 2.23. The summed E-state index contributed by atoms with van der Waals surface area (Å²) in [6, 6.07) is 11.3. The van der Waals surface area contributed by atoms with E-state index in [1.54, 1.807) is 12.1 Å². The maximum absolute atomic E-state index is 11.8. The molecule has 0 atom stereocenters. The first-order valence-corrected chi connectivity index (χ1v) is 7.51. The van der Waals surface area contributed by atoms with Crippen LogP contribution in [0, 0.1) is 6.92 Å². The zero-order valence-electron chi connectivity index (χ0n) is 12.0. The monoisotopic (exact) mass is 347 g/mol. The lowest BCUT2D eigenvalue weighted by atomic mass is 10.1. The topological polar surface area (TPSA) is 67.2 Å². The standard InChI is InChI=1S/C16H18BrN3O/c1-3-19-16(21)11-5-7-15(13(18)9-11)20-14-6-4-10(2)8-12(14)17/h4-9,20H,3,18H2,1-2H3,(H,19,21). The van der Waals surface area contributed by atoms with Gasteiger partial charge in [0.05, 0.1) is 17.1 Å². The van der Waals surface area contributed by atoms with E-state index >= 15 is 0 Å². The number of nitrogens with two attached hydrogens (primary N) is 1. The van der Waals surface area contributed by atoms with Crippen LogP contribution in [0.15, 0.2) is 40.9 Å². The number of anilines is 3. The van der Waals surface area contributed by atoms with Gasteiger partial charge in [0.25, 0.3) is 5.91 Å². The SMILES string of the molecule is CCNC(=O)c1ccc(Nc2ccc(C)cc2Br)c(N)c1. The zero-order chi connectivity index (χ0) is 15.4. The van der Waals surface area contributed by atoms with Gasteiger partial charge in [-0.15, -0.1) is 0 Å². The predicted molar refractivity (Wildman–Crippen MR) is 91.0 cm³/mol. The van der Waals surface area contributed by atoms with Crippen molar-refractivity contribution in [3.8, 4) is 0 Å². The fraction of sp³-hybridized carbons (Fsp3) is 0.188. The maximum Gasteiger partial charge on any atom is 0.251 e. The highest BCUT2D eigenvalue weighted by Gasteiger charge is 2.08. The van der Waals surface area contributed by atoms with Gasteiger partial charge >= 0.3 is 0 Å². The fourth-order valence-electron chi connectivity index (χ4n) is 1.95. The Labute approximate surface area is 132 Å². The van der Waals surface area contributed by atoms with Gasteiger partial charge in [0, 0.05) is 16.6 Å². The van der Waals surface area contributed by atoms with Crippen molar-refractivity contribution in [3.05, 3.63) is 52.0 Å². The van der Waals surface area contributed by atoms with Gasteiger partial charge in [0.1, 0.15) is 0 Å². The summed E-state index contributed by atoms with van der Waals surface area (Å²) in [5, 5.41) is 6.01. The van der Waals surface area contributed by atoms with Gasteiger partial charge in [0.15, 0.2) is 0 Å². The molecule has 0 unspecified atom stereocenters. The molecule has 0 aromatic heterocycles. The van der Waals surface area contributed by atoms with Gasteiger partial charge in [-0.1, -0.05) is 6.07 Å². The molecule has 110 valence electrons. The van der Waals surface area contributed by atoms with E-state index in [9.17, 15) is 4.79 Å². The first-order valence-electron chi connectivity index (χ1n) is 6.72. The molecule has 4 N–H and O–H groups in total. The highest BCUT2D eigenvalue weighted by atomic mass is 79.9. The van der Waals surface area contributed by atoms with Crippen LogP contribution < -0.4 is 16.4 Å². The third kappa shape index (κ3) is 3.76.